The molecule has 2 rings (SSSR count). The molecular weight excluding hydrogens is 252 g/mol. The molecule has 1 aromatic carbocycles. The molecule has 0 unspecified atom stereocenters. The van der Waals surface area contributed by atoms with Crippen molar-refractivity contribution < 1.29 is 9.84 Å². The molecule has 0 amide bonds. The predicted molar refractivity (Wildman–Crippen MR) is 70.4 cm³/mol. The summed E-state index contributed by atoms with van der Waals surface area (Å²) in [7, 11) is 0. The van der Waals surface area contributed by atoms with Crippen molar-refractivity contribution in [1.29, 1.82) is 0 Å². The van der Waals surface area contributed by atoms with Crippen LogP contribution in [0, 0.1) is 0 Å². The minimum atomic E-state index is 0.0167. The van der Waals surface area contributed by atoms with Crippen LogP contribution in [-0.4, -0.2) is 10.1 Å². The van der Waals surface area contributed by atoms with Crippen LogP contribution < -0.4 is 10.5 Å². The molecule has 2 aromatic rings. The lowest BCUT2D eigenvalue weighted by Crippen LogP contribution is -2.01. The van der Waals surface area contributed by atoms with E-state index in [1.807, 2.05) is 0 Å². The van der Waals surface area contributed by atoms with Gasteiger partial charge in [-0.25, -0.2) is 4.98 Å². The number of hydrogen-bond donors (Lipinski definition) is 2. The smallest absolute Gasteiger partial charge is 0.132 e. The van der Waals surface area contributed by atoms with Crippen LogP contribution in [-0.2, 0) is 13.2 Å². The Morgan fingerprint density at radius 2 is 1.89 bits per heavy atom. The van der Waals surface area contributed by atoms with Crippen molar-refractivity contribution in [3.63, 3.8) is 0 Å². The van der Waals surface area contributed by atoms with Crippen molar-refractivity contribution in [2.45, 2.75) is 13.2 Å². The van der Waals surface area contributed by atoms with Gasteiger partial charge in [-0.1, -0.05) is 23.7 Å². The highest BCUT2D eigenvalue weighted by Gasteiger charge is 2.04. The van der Waals surface area contributed by atoms with Gasteiger partial charge in [0, 0.05) is 0 Å². The van der Waals surface area contributed by atoms with Gasteiger partial charge in [-0.3, -0.25) is 0 Å². The van der Waals surface area contributed by atoms with E-state index in [4.69, 9.17) is 27.2 Å². The van der Waals surface area contributed by atoms with E-state index in [2.05, 4.69) is 4.98 Å². The van der Waals surface area contributed by atoms with Crippen molar-refractivity contribution in [3.05, 3.63) is 52.7 Å². The van der Waals surface area contributed by atoms with Crippen LogP contribution in [0.2, 0.25) is 5.02 Å². The summed E-state index contributed by atoms with van der Waals surface area (Å²) in [5.74, 6) is 1.10. The highest BCUT2D eigenvalue weighted by molar-refractivity contribution is 6.31. The topological polar surface area (TPSA) is 68.4 Å². The van der Waals surface area contributed by atoms with E-state index in [1.54, 1.807) is 36.4 Å². The molecule has 0 aliphatic heterocycles. The first kappa shape index (κ1) is 12.7. The van der Waals surface area contributed by atoms with E-state index in [0.717, 1.165) is 5.56 Å². The van der Waals surface area contributed by atoms with Crippen molar-refractivity contribution >= 4 is 17.4 Å². The number of aliphatic hydroxyl groups excluding tert-OH is 1. The van der Waals surface area contributed by atoms with Gasteiger partial charge in [0.15, 0.2) is 0 Å². The first-order chi connectivity index (χ1) is 8.69. The maximum atomic E-state index is 8.92. The zero-order chi connectivity index (χ0) is 13.0. The molecule has 0 saturated heterocycles. The molecule has 0 radical (unpaired) electrons. The number of anilines is 1. The third-order valence-electron chi connectivity index (χ3n) is 2.42. The van der Waals surface area contributed by atoms with Gasteiger partial charge in [-0.05, 0) is 29.8 Å². The Labute approximate surface area is 110 Å². The summed E-state index contributed by atoms with van der Waals surface area (Å²) in [6.45, 7) is 0.269. The molecule has 3 N–H and O–H groups in total. The number of aromatic nitrogens is 1. The number of nitrogens with two attached hydrogens (primary N) is 1. The summed E-state index contributed by atoms with van der Waals surface area (Å²) in [4.78, 5) is 4.10. The maximum absolute atomic E-state index is 8.92. The summed E-state index contributed by atoms with van der Waals surface area (Å²) in [6.07, 6.45) is 0. The van der Waals surface area contributed by atoms with Crippen LogP contribution in [0.4, 0.5) is 5.82 Å². The van der Waals surface area contributed by atoms with E-state index in [9.17, 15) is 0 Å². The Hall–Kier alpha value is -1.78. The van der Waals surface area contributed by atoms with E-state index < -0.39 is 0 Å². The van der Waals surface area contributed by atoms with Crippen LogP contribution in [0.3, 0.4) is 0 Å². The SMILES string of the molecule is Nc1ccc(Cl)c(COc2ccc(CO)cc2)n1. The van der Waals surface area contributed by atoms with E-state index in [0.29, 0.717) is 22.3 Å². The van der Waals surface area contributed by atoms with Gasteiger partial charge in [0.25, 0.3) is 0 Å². The summed E-state index contributed by atoms with van der Waals surface area (Å²) in [6, 6.07) is 10.5. The van der Waals surface area contributed by atoms with Gasteiger partial charge in [0.05, 0.1) is 17.3 Å². The average Bonchev–Trinajstić information content (AvgIpc) is 2.40. The predicted octanol–water partition coefficient (Wildman–Crippen LogP) is 2.39. The van der Waals surface area contributed by atoms with Crippen molar-refractivity contribution in [2.75, 3.05) is 5.73 Å². The quantitative estimate of drug-likeness (QED) is 0.890. The molecule has 0 bridgehead atoms. The van der Waals surface area contributed by atoms with Crippen molar-refractivity contribution in [2.24, 2.45) is 0 Å². The van der Waals surface area contributed by atoms with E-state index in [1.165, 1.54) is 0 Å². The monoisotopic (exact) mass is 264 g/mol. The van der Waals surface area contributed by atoms with Gasteiger partial charge < -0.3 is 15.6 Å². The molecule has 0 fully saturated rings. The minimum Gasteiger partial charge on any atom is -0.487 e. The summed E-state index contributed by atoms with van der Waals surface area (Å²) < 4.78 is 5.54. The van der Waals surface area contributed by atoms with Gasteiger partial charge in [0.1, 0.15) is 18.2 Å². The lowest BCUT2D eigenvalue weighted by Gasteiger charge is -2.08. The van der Waals surface area contributed by atoms with Crippen LogP contribution in [0.1, 0.15) is 11.3 Å². The summed E-state index contributed by atoms with van der Waals surface area (Å²) in [5, 5.41) is 9.45. The molecule has 0 atom stereocenters. The fraction of sp³-hybridized carbons (Fsp3) is 0.154. The van der Waals surface area contributed by atoms with Gasteiger partial charge in [-0.2, -0.15) is 0 Å². The molecule has 1 heterocycles. The molecule has 94 valence electrons. The third-order valence-corrected chi connectivity index (χ3v) is 2.77. The Morgan fingerprint density at radius 3 is 2.56 bits per heavy atom. The molecular formula is C13H13ClN2O2. The Balaban J connectivity index is 2.04. The molecule has 4 nitrogen and oxygen atoms in total. The molecule has 0 saturated carbocycles. The standard InChI is InChI=1S/C13H13ClN2O2/c14-11-5-6-13(15)16-12(11)8-18-10-3-1-9(7-17)2-4-10/h1-6,17H,7-8H2,(H2,15,16). The highest BCUT2D eigenvalue weighted by Crippen LogP contribution is 2.18. The minimum absolute atomic E-state index is 0.0167. The van der Waals surface area contributed by atoms with E-state index >= 15 is 0 Å². The molecule has 0 aliphatic rings. The zero-order valence-electron chi connectivity index (χ0n) is 9.64. The van der Waals surface area contributed by atoms with Crippen LogP contribution in [0.15, 0.2) is 36.4 Å². The first-order valence-corrected chi connectivity index (χ1v) is 5.80. The number of rotatable bonds is 4. The van der Waals surface area contributed by atoms with Gasteiger partial charge in [0.2, 0.25) is 0 Å². The normalized spacial score (nSPS) is 10.3. The third kappa shape index (κ3) is 3.12. The zero-order valence-corrected chi connectivity index (χ0v) is 10.4. The first-order valence-electron chi connectivity index (χ1n) is 5.42. The Bertz CT molecular complexity index is 529. The molecule has 0 spiro atoms. The number of nitrogen functional groups attached to an aromatic ring is 1. The Kier molecular flexibility index (Phi) is 4.02. The van der Waals surface area contributed by atoms with E-state index in [-0.39, 0.29) is 13.2 Å². The molecule has 0 aliphatic carbocycles. The lowest BCUT2D eigenvalue weighted by molar-refractivity contribution is 0.280. The number of pyridine rings is 1. The number of aliphatic hydroxyl groups is 1. The van der Waals surface area contributed by atoms with Gasteiger partial charge in [-0.15, -0.1) is 0 Å². The number of hydrogen-bond acceptors (Lipinski definition) is 4. The van der Waals surface area contributed by atoms with Crippen LogP contribution >= 0.6 is 11.6 Å². The number of ether oxygens (including phenoxy) is 1. The largest absolute Gasteiger partial charge is 0.487 e. The maximum Gasteiger partial charge on any atom is 0.132 e. The van der Waals surface area contributed by atoms with Crippen molar-refractivity contribution in [1.82, 2.24) is 4.98 Å². The van der Waals surface area contributed by atoms with Crippen molar-refractivity contribution in [3.8, 4) is 5.75 Å². The second kappa shape index (κ2) is 5.71. The number of benzene rings is 1. The number of halogens is 1. The van der Waals surface area contributed by atoms with Crippen LogP contribution in [0.5, 0.6) is 5.75 Å². The fourth-order valence-corrected chi connectivity index (χ4v) is 1.61. The van der Waals surface area contributed by atoms with Crippen LogP contribution in [0.25, 0.3) is 0 Å². The highest BCUT2D eigenvalue weighted by atomic mass is 35.5. The molecule has 5 heteroatoms. The lowest BCUT2D eigenvalue weighted by atomic mass is 10.2. The second-order valence-electron chi connectivity index (χ2n) is 3.76. The second-order valence-corrected chi connectivity index (χ2v) is 4.16. The summed E-state index contributed by atoms with van der Waals surface area (Å²) in [5.41, 5.74) is 7.02. The molecule has 18 heavy (non-hydrogen) atoms. The molecule has 1 aromatic heterocycles. The fourth-order valence-electron chi connectivity index (χ4n) is 1.45. The number of nitrogens with zero attached hydrogens (tertiary/aromatic N) is 1. The Morgan fingerprint density at radius 1 is 1.17 bits per heavy atom. The average molecular weight is 265 g/mol. The summed E-state index contributed by atoms with van der Waals surface area (Å²) >= 11 is 5.98. The van der Waals surface area contributed by atoms with Gasteiger partial charge >= 0.3 is 0 Å².